The van der Waals surface area contributed by atoms with Crippen LogP contribution in [-0.2, 0) is 4.79 Å². The average Bonchev–Trinajstić information content (AvgIpc) is 2.29. The van der Waals surface area contributed by atoms with Crippen LogP contribution in [0.4, 0.5) is 10.5 Å². The second-order valence-electron chi connectivity index (χ2n) is 3.27. The summed E-state index contributed by atoms with van der Waals surface area (Å²) in [5.41, 5.74) is 4.72. The molecular weight excluding hydrogens is 265 g/mol. The van der Waals surface area contributed by atoms with Crippen molar-refractivity contribution in [1.29, 1.82) is 0 Å². The maximum atomic E-state index is 11.3. The Kier molecular flexibility index (Phi) is 7.73. The third-order valence-corrected chi connectivity index (χ3v) is 1.91. The van der Waals surface area contributed by atoms with Gasteiger partial charge in [-0.1, -0.05) is 0 Å². The number of carbonyl (C=O) groups excluding carboxylic acids is 2. The second-order valence-corrected chi connectivity index (χ2v) is 3.27. The minimum atomic E-state index is -0.724. The molecule has 0 aromatic heterocycles. The number of carbonyl (C=O) groups is 2. The molecule has 0 aliphatic heterocycles. The molecule has 9 heteroatoms. The molecular formula is C10H12N3NaO5. The van der Waals surface area contributed by atoms with Crippen LogP contribution in [0.5, 0.6) is 5.75 Å². The van der Waals surface area contributed by atoms with Gasteiger partial charge in [-0.15, -0.1) is 0 Å². The molecule has 1 aromatic carbocycles. The summed E-state index contributed by atoms with van der Waals surface area (Å²) in [6, 6.07) is 4.36. The molecule has 3 N–H and O–H groups in total. The number of nitrogens with zero attached hydrogens (tertiary/aromatic N) is 1. The summed E-state index contributed by atoms with van der Waals surface area (Å²) in [4.78, 5) is 31.4. The Morgan fingerprint density at radius 1 is 1.32 bits per heavy atom. The van der Waals surface area contributed by atoms with Gasteiger partial charge in [-0.2, -0.15) is 0 Å². The zero-order chi connectivity index (χ0) is 13.5. The molecule has 0 bridgehead atoms. The number of hydrogen-bond acceptors (Lipinski definition) is 5. The van der Waals surface area contributed by atoms with Crippen LogP contribution in [0, 0.1) is 10.1 Å². The van der Waals surface area contributed by atoms with E-state index in [1.54, 1.807) is 0 Å². The van der Waals surface area contributed by atoms with Gasteiger partial charge in [0.1, 0.15) is 5.75 Å². The number of non-ortho nitro benzene ring substituents is 1. The molecule has 0 aliphatic rings. The van der Waals surface area contributed by atoms with E-state index < -0.39 is 16.9 Å². The van der Waals surface area contributed by atoms with E-state index in [-0.39, 0.29) is 54.0 Å². The van der Waals surface area contributed by atoms with E-state index >= 15 is 0 Å². The fraction of sp³-hybridized carbons (Fsp3) is 0.200. The van der Waals surface area contributed by atoms with Crippen LogP contribution < -0.4 is 15.8 Å². The monoisotopic (exact) mass is 277 g/mol. The summed E-state index contributed by atoms with van der Waals surface area (Å²) < 4.78 is 4.88. The molecule has 0 saturated heterocycles. The van der Waals surface area contributed by atoms with Crippen LogP contribution in [0.2, 0.25) is 0 Å². The van der Waals surface area contributed by atoms with Gasteiger partial charge in [0.05, 0.1) is 11.3 Å². The minimum absolute atomic E-state index is 0. The molecule has 0 saturated carbocycles. The normalized spacial score (nSPS) is 9.05. The number of hydrogen-bond donors (Lipinski definition) is 2. The van der Waals surface area contributed by atoms with E-state index in [2.05, 4.69) is 5.32 Å². The predicted octanol–water partition coefficient (Wildman–Crippen LogP) is -0.0899. The molecule has 1 aromatic rings. The first-order valence-corrected chi connectivity index (χ1v) is 4.97. The number of primary amides is 1. The van der Waals surface area contributed by atoms with Crippen LogP contribution in [0.25, 0.3) is 0 Å². The van der Waals surface area contributed by atoms with E-state index in [9.17, 15) is 19.7 Å². The average molecular weight is 277 g/mol. The number of nitrogens with two attached hydrogens (primary N) is 1. The quantitative estimate of drug-likeness (QED) is 0.256. The number of nitrogens with one attached hydrogen (secondary N) is 1. The first-order chi connectivity index (χ1) is 8.49. The van der Waals surface area contributed by atoms with Gasteiger partial charge in [0.25, 0.3) is 5.69 Å². The summed E-state index contributed by atoms with van der Waals surface area (Å²) >= 11 is 0. The number of nitro groups is 1. The zero-order valence-corrected chi connectivity index (χ0v) is 9.29. The molecule has 0 heterocycles. The molecule has 8 nitrogen and oxygen atoms in total. The van der Waals surface area contributed by atoms with Crippen LogP contribution >= 0.6 is 0 Å². The van der Waals surface area contributed by atoms with Gasteiger partial charge in [-0.3, -0.25) is 14.9 Å². The van der Waals surface area contributed by atoms with Crippen LogP contribution in [-0.4, -0.2) is 53.0 Å². The number of benzene rings is 1. The van der Waals surface area contributed by atoms with Crippen molar-refractivity contribution in [2.75, 3.05) is 6.54 Å². The van der Waals surface area contributed by atoms with Crippen LogP contribution in [0.3, 0.4) is 0 Å². The fourth-order valence-corrected chi connectivity index (χ4v) is 1.11. The van der Waals surface area contributed by atoms with Crippen molar-refractivity contribution in [3.05, 3.63) is 34.4 Å². The van der Waals surface area contributed by atoms with Crippen molar-refractivity contribution in [2.45, 2.75) is 6.42 Å². The summed E-state index contributed by atoms with van der Waals surface area (Å²) in [5.74, 6) is -0.373. The SMILES string of the molecule is NC(=O)NCCC(=O)Oc1ccc([N+](=O)[O-])cc1.[NaH]. The van der Waals surface area contributed by atoms with Crippen molar-refractivity contribution < 1.29 is 19.2 Å². The van der Waals surface area contributed by atoms with Crippen molar-refractivity contribution in [3.8, 4) is 5.75 Å². The number of amides is 2. The number of urea groups is 1. The molecule has 2 amide bonds. The molecule has 0 radical (unpaired) electrons. The van der Waals surface area contributed by atoms with Crippen LogP contribution in [0.1, 0.15) is 6.42 Å². The Hall–Kier alpha value is -1.64. The summed E-state index contributed by atoms with van der Waals surface area (Å²) in [6.45, 7) is 0.0706. The van der Waals surface area contributed by atoms with Gasteiger partial charge in [0.2, 0.25) is 0 Å². The van der Waals surface area contributed by atoms with E-state index in [4.69, 9.17) is 10.5 Å². The molecule has 1 rings (SSSR count). The Balaban J connectivity index is 0.00000324. The molecule has 0 unspecified atom stereocenters. The van der Waals surface area contributed by atoms with Gasteiger partial charge < -0.3 is 15.8 Å². The van der Waals surface area contributed by atoms with Gasteiger partial charge in [0.15, 0.2) is 0 Å². The Labute approximate surface area is 130 Å². The Bertz CT molecular complexity index is 463. The number of esters is 1. The van der Waals surface area contributed by atoms with E-state index in [0.29, 0.717) is 0 Å². The van der Waals surface area contributed by atoms with Crippen molar-refractivity contribution >= 4 is 47.2 Å². The van der Waals surface area contributed by atoms with Gasteiger partial charge >= 0.3 is 41.6 Å². The number of rotatable bonds is 5. The summed E-state index contributed by atoms with van der Waals surface area (Å²) in [6.07, 6.45) is -0.0417. The van der Waals surface area contributed by atoms with Gasteiger partial charge in [0, 0.05) is 18.7 Å². The first kappa shape index (κ1) is 17.4. The topological polar surface area (TPSA) is 125 Å². The summed E-state index contributed by atoms with van der Waals surface area (Å²) in [5, 5.41) is 12.6. The van der Waals surface area contributed by atoms with Crippen molar-refractivity contribution in [3.63, 3.8) is 0 Å². The Morgan fingerprint density at radius 2 is 1.89 bits per heavy atom. The van der Waals surface area contributed by atoms with E-state index in [0.717, 1.165) is 0 Å². The third kappa shape index (κ3) is 6.75. The molecule has 0 spiro atoms. The molecule has 0 atom stereocenters. The molecule has 19 heavy (non-hydrogen) atoms. The summed E-state index contributed by atoms with van der Waals surface area (Å²) in [7, 11) is 0. The first-order valence-electron chi connectivity index (χ1n) is 4.97. The number of ether oxygens (including phenoxy) is 1. The number of nitro benzene ring substituents is 1. The molecule has 0 fully saturated rings. The molecule has 0 aliphatic carbocycles. The molecule has 98 valence electrons. The predicted molar refractivity (Wildman–Crippen MR) is 68.1 cm³/mol. The second kappa shape index (κ2) is 8.46. The van der Waals surface area contributed by atoms with Crippen molar-refractivity contribution in [2.24, 2.45) is 5.73 Å². The third-order valence-electron chi connectivity index (χ3n) is 1.91. The van der Waals surface area contributed by atoms with Crippen LogP contribution in [0.15, 0.2) is 24.3 Å². The maximum absolute atomic E-state index is 11.3. The zero-order valence-electron chi connectivity index (χ0n) is 9.29. The Morgan fingerprint density at radius 3 is 2.37 bits per heavy atom. The van der Waals surface area contributed by atoms with Crippen molar-refractivity contribution in [1.82, 2.24) is 5.32 Å². The van der Waals surface area contributed by atoms with Gasteiger partial charge in [-0.05, 0) is 12.1 Å². The van der Waals surface area contributed by atoms with E-state index in [1.165, 1.54) is 24.3 Å². The van der Waals surface area contributed by atoms with Gasteiger partial charge in [-0.25, -0.2) is 4.79 Å². The standard InChI is InChI=1S/C10H11N3O5.Na.H/c11-10(15)12-6-5-9(14)18-8-3-1-7(2-4-8)13(16)17;;/h1-4H,5-6H2,(H3,11,12,15);;. The fourth-order valence-electron chi connectivity index (χ4n) is 1.11. The van der Waals surface area contributed by atoms with E-state index in [1.807, 2.05) is 0 Å².